The molecule has 0 fully saturated rings. The van der Waals surface area contributed by atoms with Gasteiger partial charge in [-0.2, -0.15) is 0 Å². The van der Waals surface area contributed by atoms with Gasteiger partial charge in [0.1, 0.15) is 10.7 Å². The lowest BCUT2D eigenvalue weighted by atomic mass is 10.0. The van der Waals surface area contributed by atoms with Crippen molar-refractivity contribution in [2.75, 3.05) is 5.32 Å². The zero-order chi connectivity index (χ0) is 18.6. The highest BCUT2D eigenvalue weighted by atomic mass is 35.5. The van der Waals surface area contributed by atoms with Gasteiger partial charge in [0.15, 0.2) is 0 Å². The maximum atomic E-state index is 12.5. The highest BCUT2D eigenvalue weighted by Crippen LogP contribution is 2.26. The van der Waals surface area contributed by atoms with E-state index in [2.05, 4.69) is 29.5 Å². The van der Waals surface area contributed by atoms with Crippen molar-refractivity contribution >= 4 is 40.4 Å². The number of nitrogens with zero attached hydrogens (tertiary/aromatic N) is 1. The van der Waals surface area contributed by atoms with Gasteiger partial charge in [-0.15, -0.1) is 11.3 Å². The number of halogens is 1. The van der Waals surface area contributed by atoms with E-state index < -0.39 is 0 Å². The molecule has 0 aliphatic rings. The van der Waals surface area contributed by atoms with Crippen LogP contribution in [0.1, 0.15) is 54.3 Å². The molecule has 5 nitrogen and oxygen atoms in total. The van der Waals surface area contributed by atoms with Gasteiger partial charge in [-0.05, 0) is 37.0 Å². The zero-order valence-electron chi connectivity index (χ0n) is 14.7. The van der Waals surface area contributed by atoms with Crippen LogP contribution in [0.2, 0.25) is 5.02 Å². The van der Waals surface area contributed by atoms with Crippen LogP contribution in [0.3, 0.4) is 0 Å². The van der Waals surface area contributed by atoms with Gasteiger partial charge >= 0.3 is 0 Å². The molecule has 0 radical (unpaired) electrons. The SMILES string of the molecule is CC(=O)N[C@@H](CC(C)C)c1nc(C(=O)Nc2cc(Cl)ccc2C)cs1. The van der Waals surface area contributed by atoms with Gasteiger partial charge in [0.25, 0.3) is 5.91 Å². The molecule has 0 bridgehead atoms. The Kier molecular flexibility index (Phi) is 6.56. The van der Waals surface area contributed by atoms with Gasteiger partial charge in [-0.3, -0.25) is 9.59 Å². The number of aromatic nitrogens is 1. The van der Waals surface area contributed by atoms with Crippen molar-refractivity contribution in [1.29, 1.82) is 0 Å². The zero-order valence-corrected chi connectivity index (χ0v) is 16.3. The van der Waals surface area contributed by atoms with Crippen molar-refractivity contribution in [1.82, 2.24) is 10.3 Å². The molecule has 0 spiro atoms. The molecular formula is C18H22ClN3O2S. The Balaban J connectivity index is 2.16. The molecule has 134 valence electrons. The standard InChI is InChI=1S/C18H22ClN3O2S/c1-10(2)7-15(20-12(4)23)18-22-16(9-25-18)17(24)21-14-8-13(19)6-5-11(14)3/h5-6,8-10,15H,7H2,1-4H3,(H,20,23)(H,21,24)/t15-/m0/s1. The van der Waals surface area contributed by atoms with Crippen LogP contribution in [-0.4, -0.2) is 16.8 Å². The Hall–Kier alpha value is -1.92. The molecule has 2 rings (SSSR count). The van der Waals surface area contributed by atoms with E-state index in [1.165, 1.54) is 18.3 Å². The van der Waals surface area contributed by atoms with Crippen LogP contribution in [0.15, 0.2) is 23.6 Å². The van der Waals surface area contributed by atoms with Crippen molar-refractivity contribution in [3.05, 3.63) is 44.9 Å². The van der Waals surface area contributed by atoms with Crippen LogP contribution in [0.5, 0.6) is 0 Å². The van der Waals surface area contributed by atoms with Gasteiger partial charge in [-0.25, -0.2) is 4.98 Å². The van der Waals surface area contributed by atoms with Gasteiger partial charge in [0.05, 0.1) is 6.04 Å². The fourth-order valence-electron chi connectivity index (χ4n) is 2.41. The van der Waals surface area contributed by atoms with Crippen molar-refractivity contribution in [3.63, 3.8) is 0 Å². The average molecular weight is 380 g/mol. The lowest BCUT2D eigenvalue weighted by Gasteiger charge is -2.17. The summed E-state index contributed by atoms with van der Waals surface area (Å²) in [5.41, 5.74) is 1.91. The smallest absolute Gasteiger partial charge is 0.275 e. The highest BCUT2D eigenvalue weighted by molar-refractivity contribution is 7.10. The molecule has 0 aliphatic carbocycles. The quantitative estimate of drug-likeness (QED) is 0.771. The molecule has 25 heavy (non-hydrogen) atoms. The number of hydrogen-bond donors (Lipinski definition) is 2. The monoisotopic (exact) mass is 379 g/mol. The number of benzene rings is 1. The van der Waals surface area contributed by atoms with Crippen molar-refractivity contribution in [3.8, 4) is 0 Å². The van der Waals surface area contributed by atoms with Crippen LogP contribution in [-0.2, 0) is 4.79 Å². The van der Waals surface area contributed by atoms with E-state index in [0.717, 1.165) is 17.0 Å². The van der Waals surface area contributed by atoms with E-state index >= 15 is 0 Å². The fraction of sp³-hybridized carbons (Fsp3) is 0.389. The van der Waals surface area contributed by atoms with Crippen LogP contribution in [0.4, 0.5) is 5.69 Å². The highest BCUT2D eigenvalue weighted by Gasteiger charge is 2.20. The summed E-state index contributed by atoms with van der Waals surface area (Å²) < 4.78 is 0. The number of aryl methyl sites for hydroxylation is 1. The second kappa shape index (κ2) is 8.45. The summed E-state index contributed by atoms with van der Waals surface area (Å²) in [5, 5.41) is 8.74. The second-order valence-corrected chi connectivity index (χ2v) is 7.69. The summed E-state index contributed by atoms with van der Waals surface area (Å²) in [4.78, 5) is 28.3. The predicted octanol–water partition coefficient (Wildman–Crippen LogP) is 4.58. The van der Waals surface area contributed by atoms with Gasteiger partial charge < -0.3 is 10.6 Å². The summed E-state index contributed by atoms with van der Waals surface area (Å²) in [5.74, 6) is -0.00692. The maximum absolute atomic E-state index is 12.5. The van der Waals surface area contributed by atoms with Crippen LogP contribution < -0.4 is 10.6 Å². The molecule has 1 aromatic carbocycles. The molecule has 1 atom stereocenters. The molecular weight excluding hydrogens is 358 g/mol. The maximum Gasteiger partial charge on any atom is 0.275 e. The topological polar surface area (TPSA) is 71.1 Å². The molecule has 0 aliphatic heterocycles. The summed E-state index contributed by atoms with van der Waals surface area (Å²) >= 11 is 7.36. The minimum Gasteiger partial charge on any atom is -0.347 e. The van der Waals surface area contributed by atoms with Crippen LogP contribution >= 0.6 is 22.9 Å². The molecule has 1 heterocycles. The second-order valence-electron chi connectivity index (χ2n) is 6.37. The number of thiazole rings is 1. The fourth-order valence-corrected chi connectivity index (χ4v) is 3.44. The van der Waals surface area contributed by atoms with Crippen molar-refractivity contribution in [2.45, 2.75) is 40.2 Å². The van der Waals surface area contributed by atoms with Gasteiger partial charge in [0, 0.05) is 23.0 Å². The first-order chi connectivity index (χ1) is 11.8. The Morgan fingerprint density at radius 3 is 2.68 bits per heavy atom. The number of amides is 2. The van der Waals surface area contributed by atoms with E-state index in [9.17, 15) is 9.59 Å². The Morgan fingerprint density at radius 1 is 1.32 bits per heavy atom. The summed E-state index contributed by atoms with van der Waals surface area (Å²) in [6.07, 6.45) is 0.765. The van der Waals surface area contributed by atoms with E-state index in [0.29, 0.717) is 22.3 Å². The lowest BCUT2D eigenvalue weighted by Crippen LogP contribution is -2.27. The normalized spacial score (nSPS) is 12.1. The minimum atomic E-state index is -0.293. The largest absolute Gasteiger partial charge is 0.347 e. The Labute approximate surface area is 156 Å². The lowest BCUT2D eigenvalue weighted by molar-refractivity contribution is -0.119. The molecule has 0 saturated carbocycles. The van der Waals surface area contributed by atoms with Crippen molar-refractivity contribution < 1.29 is 9.59 Å². The number of anilines is 1. The third kappa shape index (κ3) is 5.54. The Morgan fingerprint density at radius 2 is 2.04 bits per heavy atom. The number of carbonyl (C=O) groups excluding carboxylic acids is 2. The molecule has 2 aromatic rings. The minimum absolute atomic E-state index is 0.110. The number of hydrogen-bond acceptors (Lipinski definition) is 4. The van der Waals surface area contributed by atoms with Gasteiger partial charge in [-0.1, -0.05) is 31.5 Å². The summed E-state index contributed by atoms with van der Waals surface area (Å²) in [7, 11) is 0. The number of rotatable bonds is 6. The van der Waals surface area contributed by atoms with E-state index in [-0.39, 0.29) is 17.9 Å². The molecule has 2 N–H and O–H groups in total. The molecule has 7 heteroatoms. The Bertz CT molecular complexity index is 773. The average Bonchev–Trinajstić information content (AvgIpc) is 2.99. The van der Waals surface area contributed by atoms with Gasteiger partial charge in [0.2, 0.25) is 5.91 Å². The first kappa shape index (κ1) is 19.4. The van der Waals surface area contributed by atoms with Crippen LogP contribution in [0.25, 0.3) is 0 Å². The van der Waals surface area contributed by atoms with E-state index in [4.69, 9.17) is 11.6 Å². The third-order valence-corrected chi connectivity index (χ3v) is 4.78. The third-order valence-electron chi connectivity index (χ3n) is 3.59. The van der Waals surface area contributed by atoms with E-state index in [1.807, 2.05) is 13.0 Å². The van der Waals surface area contributed by atoms with Crippen molar-refractivity contribution in [2.24, 2.45) is 5.92 Å². The molecule has 1 aromatic heterocycles. The molecule has 0 saturated heterocycles. The summed E-state index contributed by atoms with van der Waals surface area (Å²) in [6, 6.07) is 5.15. The molecule has 0 unspecified atom stereocenters. The van der Waals surface area contributed by atoms with Crippen LogP contribution in [0, 0.1) is 12.8 Å². The first-order valence-electron chi connectivity index (χ1n) is 8.06. The first-order valence-corrected chi connectivity index (χ1v) is 9.32. The van der Waals surface area contributed by atoms with E-state index in [1.54, 1.807) is 17.5 Å². The predicted molar refractivity (Wildman–Crippen MR) is 102 cm³/mol. The summed E-state index contributed by atoms with van der Waals surface area (Å²) in [6.45, 7) is 7.54. The molecule has 2 amide bonds. The number of carbonyl (C=O) groups is 2. The number of nitrogens with one attached hydrogen (secondary N) is 2.